The van der Waals surface area contributed by atoms with Crippen LogP contribution in [0.4, 0.5) is 0 Å². The van der Waals surface area contributed by atoms with Crippen molar-refractivity contribution in [2.45, 2.75) is 26.3 Å². The molecule has 4 heteroatoms. The number of allylic oxidation sites excluding steroid dienone is 1. The predicted molar refractivity (Wildman–Crippen MR) is 106 cm³/mol. The first-order valence-corrected chi connectivity index (χ1v) is 9.38. The average Bonchev–Trinajstić information content (AvgIpc) is 2.68. The molecular weight excluding hydrogens is 346 g/mol. The molecule has 0 atom stereocenters. The van der Waals surface area contributed by atoms with Crippen LogP contribution in [0, 0.1) is 5.92 Å². The van der Waals surface area contributed by atoms with Gasteiger partial charge in [-0.2, -0.15) is 0 Å². The van der Waals surface area contributed by atoms with E-state index in [0.717, 1.165) is 32.5 Å². The molecular formula is C22H24ClNO2. The van der Waals surface area contributed by atoms with Gasteiger partial charge in [-0.25, -0.2) is 0 Å². The number of carbonyl (C=O) groups excluding carboxylic acids is 1. The Morgan fingerprint density at radius 2 is 1.69 bits per heavy atom. The van der Waals surface area contributed by atoms with Gasteiger partial charge in [-0.3, -0.25) is 9.69 Å². The van der Waals surface area contributed by atoms with E-state index in [0.29, 0.717) is 16.2 Å². The van der Waals surface area contributed by atoms with E-state index in [1.807, 2.05) is 6.07 Å². The molecule has 2 aromatic carbocycles. The summed E-state index contributed by atoms with van der Waals surface area (Å²) in [6.07, 6.45) is 1.66. The SMILES string of the molecule is C/C(C(=O)C1CCN(Cc2ccccc2)CC1)=C(/O)c1ccc(Cl)cc1. The number of hydrogen-bond acceptors (Lipinski definition) is 3. The molecule has 2 aromatic rings. The number of aliphatic hydroxyl groups is 1. The van der Waals surface area contributed by atoms with Gasteiger partial charge in [0, 0.05) is 28.6 Å². The third kappa shape index (κ3) is 4.54. The molecule has 0 bridgehead atoms. The Morgan fingerprint density at radius 3 is 2.31 bits per heavy atom. The number of hydrogen-bond donors (Lipinski definition) is 1. The molecule has 0 amide bonds. The summed E-state index contributed by atoms with van der Waals surface area (Å²) in [4.78, 5) is 15.2. The van der Waals surface area contributed by atoms with E-state index < -0.39 is 0 Å². The minimum absolute atomic E-state index is 0.0172. The number of Topliss-reactive ketones (excluding diaryl/α,β-unsaturated/α-hetero) is 1. The Bertz CT molecular complexity index is 776. The summed E-state index contributed by atoms with van der Waals surface area (Å²) >= 11 is 5.88. The Hall–Kier alpha value is -2.10. The largest absolute Gasteiger partial charge is 0.507 e. The zero-order chi connectivity index (χ0) is 18.5. The number of halogens is 1. The smallest absolute Gasteiger partial charge is 0.165 e. The summed E-state index contributed by atoms with van der Waals surface area (Å²) in [5.74, 6) is 0.0895. The quantitative estimate of drug-likeness (QED) is 0.588. The monoisotopic (exact) mass is 369 g/mol. The number of ketones is 1. The van der Waals surface area contributed by atoms with Crippen molar-refractivity contribution in [3.63, 3.8) is 0 Å². The van der Waals surface area contributed by atoms with Gasteiger partial charge in [0.1, 0.15) is 5.76 Å². The molecule has 1 saturated heterocycles. The van der Waals surface area contributed by atoms with Gasteiger partial charge in [-0.05, 0) is 62.7 Å². The molecule has 3 nitrogen and oxygen atoms in total. The van der Waals surface area contributed by atoms with Crippen LogP contribution in [0.1, 0.15) is 30.9 Å². The van der Waals surface area contributed by atoms with Gasteiger partial charge >= 0.3 is 0 Å². The molecule has 1 fully saturated rings. The van der Waals surface area contributed by atoms with E-state index >= 15 is 0 Å². The fourth-order valence-corrected chi connectivity index (χ4v) is 3.57. The number of likely N-dealkylation sites (tertiary alicyclic amines) is 1. The highest BCUT2D eigenvalue weighted by Crippen LogP contribution is 2.26. The lowest BCUT2D eigenvalue weighted by molar-refractivity contribution is -0.120. The van der Waals surface area contributed by atoms with Crippen LogP contribution in [-0.2, 0) is 11.3 Å². The minimum atomic E-state index is -0.0172. The maximum atomic E-state index is 12.8. The molecule has 0 spiro atoms. The molecule has 0 radical (unpaired) electrons. The Kier molecular flexibility index (Phi) is 6.12. The molecule has 0 aromatic heterocycles. The first-order valence-electron chi connectivity index (χ1n) is 9.01. The van der Waals surface area contributed by atoms with Crippen LogP contribution in [0.25, 0.3) is 5.76 Å². The number of rotatable bonds is 5. The lowest BCUT2D eigenvalue weighted by Crippen LogP contribution is -2.36. The molecule has 0 saturated carbocycles. The molecule has 1 aliphatic rings. The van der Waals surface area contributed by atoms with Crippen LogP contribution >= 0.6 is 11.6 Å². The fourth-order valence-electron chi connectivity index (χ4n) is 3.44. The maximum Gasteiger partial charge on any atom is 0.165 e. The summed E-state index contributed by atoms with van der Waals surface area (Å²) in [7, 11) is 0. The van der Waals surface area contributed by atoms with Crippen molar-refractivity contribution in [2.75, 3.05) is 13.1 Å². The molecule has 136 valence electrons. The highest BCUT2D eigenvalue weighted by molar-refractivity contribution is 6.30. The van der Waals surface area contributed by atoms with Crippen LogP contribution in [0.5, 0.6) is 0 Å². The molecule has 1 N–H and O–H groups in total. The van der Waals surface area contributed by atoms with Crippen molar-refractivity contribution in [3.8, 4) is 0 Å². The van der Waals surface area contributed by atoms with Crippen LogP contribution in [0.3, 0.4) is 0 Å². The topological polar surface area (TPSA) is 40.5 Å². The van der Waals surface area contributed by atoms with Crippen LogP contribution in [-0.4, -0.2) is 28.9 Å². The van der Waals surface area contributed by atoms with E-state index in [-0.39, 0.29) is 17.5 Å². The summed E-state index contributed by atoms with van der Waals surface area (Å²) in [5, 5.41) is 11.0. The predicted octanol–water partition coefficient (Wildman–Crippen LogP) is 5.11. The van der Waals surface area contributed by atoms with Gasteiger partial charge in [0.2, 0.25) is 0 Å². The van der Waals surface area contributed by atoms with Gasteiger partial charge in [-0.15, -0.1) is 0 Å². The van der Waals surface area contributed by atoms with Gasteiger partial charge in [0.05, 0.1) is 0 Å². The third-order valence-corrected chi connectivity index (χ3v) is 5.30. The van der Waals surface area contributed by atoms with Crippen LogP contribution in [0.15, 0.2) is 60.2 Å². The van der Waals surface area contributed by atoms with Crippen molar-refractivity contribution in [3.05, 3.63) is 76.3 Å². The lowest BCUT2D eigenvalue weighted by atomic mass is 9.88. The molecule has 1 aliphatic heterocycles. The minimum Gasteiger partial charge on any atom is -0.507 e. The second-order valence-corrected chi connectivity index (χ2v) is 7.32. The summed E-state index contributed by atoms with van der Waals surface area (Å²) in [5.41, 5.74) is 2.37. The van der Waals surface area contributed by atoms with Crippen molar-refractivity contribution < 1.29 is 9.90 Å². The van der Waals surface area contributed by atoms with Crippen molar-refractivity contribution >= 4 is 23.1 Å². The Balaban J connectivity index is 1.60. The fraction of sp³-hybridized carbons (Fsp3) is 0.318. The van der Waals surface area contributed by atoms with E-state index in [9.17, 15) is 9.90 Å². The molecule has 3 rings (SSSR count). The van der Waals surface area contributed by atoms with Crippen molar-refractivity contribution in [2.24, 2.45) is 5.92 Å². The van der Waals surface area contributed by atoms with Crippen molar-refractivity contribution in [1.29, 1.82) is 0 Å². The first-order chi connectivity index (χ1) is 12.5. The van der Waals surface area contributed by atoms with Crippen LogP contribution in [0.2, 0.25) is 5.02 Å². The average molecular weight is 370 g/mol. The third-order valence-electron chi connectivity index (χ3n) is 5.05. The zero-order valence-corrected chi connectivity index (χ0v) is 15.7. The molecule has 0 aliphatic carbocycles. The highest BCUT2D eigenvalue weighted by Gasteiger charge is 2.27. The zero-order valence-electron chi connectivity index (χ0n) is 15.0. The Labute approximate surface area is 159 Å². The second kappa shape index (κ2) is 8.52. The first kappa shape index (κ1) is 18.7. The number of carbonyl (C=O) groups is 1. The van der Waals surface area contributed by atoms with Gasteiger partial charge < -0.3 is 5.11 Å². The van der Waals surface area contributed by atoms with E-state index in [4.69, 9.17) is 11.6 Å². The lowest BCUT2D eigenvalue weighted by Gasteiger charge is -2.31. The highest BCUT2D eigenvalue weighted by atomic mass is 35.5. The standard InChI is InChI=1S/C22H24ClNO2/c1-16(21(25)18-7-9-20(23)10-8-18)22(26)19-11-13-24(14-12-19)15-17-5-3-2-4-6-17/h2-10,19,25H,11-15H2,1H3/b21-16-. The maximum absolute atomic E-state index is 12.8. The summed E-state index contributed by atoms with van der Waals surface area (Å²) in [6.45, 7) is 4.44. The summed E-state index contributed by atoms with van der Waals surface area (Å²) < 4.78 is 0. The number of piperidine rings is 1. The Morgan fingerprint density at radius 1 is 1.08 bits per heavy atom. The molecule has 0 unspecified atom stereocenters. The second-order valence-electron chi connectivity index (χ2n) is 6.88. The van der Waals surface area contributed by atoms with E-state index in [1.54, 1.807) is 31.2 Å². The molecule has 26 heavy (non-hydrogen) atoms. The van der Waals surface area contributed by atoms with Gasteiger partial charge in [0.25, 0.3) is 0 Å². The van der Waals surface area contributed by atoms with E-state index in [2.05, 4.69) is 29.2 Å². The number of aliphatic hydroxyl groups excluding tert-OH is 1. The normalized spacial score (nSPS) is 17.0. The van der Waals surface area contributed by atoms with Gasteiger partial charge in [-0.1, -0.05) is 41.9 Å². The van der Waals surface area contributed by atoms with Crippen LogP contribution < -0.4 is 0 Å². The number of benzene rings is 2. The van der Waals surface area contributed by atoms with Crippen molar-refractivity contribution in [1.82, 2.24) is 4.90 Å². The molecule has 1 heterocycles. The van der Waals surface area contributed by atoms with E-state index in [1.165, 1.54) is 5.56 Å². The van der Waals surface area contributed by atoms with Gasteiger partial charge in [0.15, 0.2) is 5.78 Å². The number of nitrogens with zero attached hydrogens (tertiary/aromatic N) is 1. The summed E-state index contributed by atoms with van der Waals surface area (Å²) in [6, 6.07) is 17.3.